The van der Waals surface area contributed by atoms with Crippen molar-refractivity contribution in [1.29, 1.82) is 0 Å². The number of ether oxygens (including phenoxy) is 1. The highest BCUT2D eigenvalue weighted by molar-refractivity contribution is 9.10. The minimum atomic E-state index is -0.513. The van der Waals surface area contributed by atoms with Crippen LogP contribution in [0.5, 0.6) is 5.75 Å². The predicted molar refractivity (Wildman–Crippen MR) is 77.6 cm³/mol. The van der Waals surface area contributed by atoms with Crippen LogP contribution in [0.1, 0.15) is 5.56 Å². The molecule has 0 spiro atoms. The largest absolute Gasteiger partial charge is 0.496 e. The number of hydrogen-bond acceptors (Lipinski definition) is 4. The van der Waals surface area contributed by atoms with Crippen molar-refractivity contribution in [3.05, 3.63) is 33.8 Å². The van der Waals surface area contributed by atoms with E-state index in [9.17, 15) is 9.59 Å². The molecule has 2 N–H and O–H groups in total. The fraction of sp³-hybridized carbons (Fsp3) is 0.0833. The number of halogens is 1. The highest BCUT2D eigenvalue weighted by atomic mass is 79.9. The van der Waals surface area contributed by atoms with E-state index in [1.54, 1.807) is 25.3 Å². The van der Waals surface area contributed by atoms with Gasteiger partial charge in [-0.2, -0.15) is 0 Å². The molecule has 7 heteroatoms. The Morgan fingerprint density at radius 3 is 2.42 bits per heavy atom. The summed E-state index contributed by atoms with van der Waals surface area (Å²) in [7, 11) is 1.56. The molecule has 0 saturated carbocycles. The van der Waals surface area contributed by atoms with E-state index in [0.29, 0.717) is 11.3 Å². The van der Waals surface area contributed by atoms with Gasteiger partial charge in [-0.05, 0) is 51.9 Å². The summed E-state index contributed by atoms with van der Waals surface area (Å²) in [4.78, 5) is 23.3. The molecule has 1 aliphatic rings. The van der Waals surface area contributed by atoms with Gasteiger partial charge in [-0.1, -0.05) is 6.07 Å². The summed E-state index contributed by atoms with van der Waals surface area (Å²) >= 11 is 8.05. The van der Waals surface area contributed by atoms with Crippen LogP contribution in [0.25, 0.3) is 6.08 Å². The second kappa shape index (κ2) is 5.50. The number of carbonyl (C=O) groups is 2. The minimum Gasteiger partial charge on any atom is -0.496 e. The Bertz CT molecular complexity index is 591. The number of methoxy groups -OCH3 is 1. The first kappa shape index (κ1) is 13.7. The van der Waals surface area contributed by atoms with Gasteiger partial charge < -0.3 is 4.74 Å². The van der Waals surface area contributed by atoms with Crippen LogP contribution in [-0.2, 0) is 9.59 Å². The Morgan fingerprint density at radius 1 is 1.26 bits per heavy atom. The molecule has 98 valence electrons. The normalized spacial score (nSPS) is 14.8. The Balaban J connectivity index is 2.35. The van der Waals surface area contributed by atoms with Crippen LogP contribution in [0.2, 0.25) is 0 Å². The summed E-state index contributed by atoms with van der Waals surface area (Å²) in [6.45, 7) is 0. The number of amides is 2. The van der Waals surface area contributed by atoms with E-state index in [-0.39, 0.29) is 10.7 Å². The fourth-order valence-electron chi connectivity index (χ4n) is 1.55. The summed E-state index contributed by atoms with van der Waals surface area (Å²) < 4.78 is 5.84. The van der Waals surface area contributed by atoms with Gasteiger partial charge in [0, 0.05) is 0 Å². The molecule has 1 heterocycles. The summed E-state index contributed by atoms with van der Waals surface area (Å²) in [5, 5.41) is 4.76. The van der Waals surface area contributed by atoms with Gasteiger partial charge in [0.15, 0.2) is 5.11 Å². The quantitative estimate of drug-likeness (QED) is 0.484. The first-order valence-corrected chi connectivity index (χ1v) is 6.43. The van der Waals surface area contributed by atoms with Gasteiger partial charge in [-0.15, -0.1) is 0 Å². The predicted octanol–water partition coefficient (Wildman–Crippen LogP) is 1.37. The van der Waals surface area contributed by atoms with Gasteiger partial charge in [-0.3, -0.25) is 20.2 Å². The average Bonchev–Trinajstić information content (AvgIpc) is 2.34. The van der Waals surface area contributed by atoms with E-state index in [0.717, 1.165) is 4.47 Å². The molecule has 0 atom stereocenters. The standard InChI is InChI=1S/C12H9BrN2O3S/c1-18-9-3-2-6(5-8(9)13)4-7-10(16)14-12(19)15-11(7)17/h2-5H,1H3,(H2,14,15,16,17,19). The van der Waals surface area contributed by atoms with Gasteiger partial charge in [0.1, 0.15) is 11.3 Å². The average molecular weight is 341 g/mol. The molecule has 1 aromatic carbocycles. The zero-order valence-corrected chi connectivity index (χ0v) is 12.2. The Morgan fingerprint density at radius 2 is 1.89 bits per heavy atom. The lowest BCUT2D eigenvalue weighted by atomic mass is 10.1. The maximum absolute atomic E-state index is 11.7. The van der Waals surface area contributed by atoms with Crippen molar-refractivity contribution >= 4 is 51.2 Å². The van der Waals surface area contributed by atoms with Crippen molar-refractivity contribution in [2.75, 3.05) is 7.11 Å². The van der Waals surface area contributed by atoms with Gasteiger partial charge in [0.2, 0.25) is 0 Å². The lowest BCUT2D eigenvalue weighted by molar-refractivity contribution is -0.123. The molecule has 19 heavy (non-hydrogen) atoms. The fourth-order valence-corrected chi connectivity index (χ4v) is 2.29. The third-order valence-corrected chi connectivity index (χ3v) is 3.25. The first-order valence-electron chi connectivity index (χ1n) is 5.23. The lowest BCUT2D eigenvalue weighted by Crippen LogP contribution is -2.51. The van der Waals surface area contributed by atoms with E-state index < -0.39 is 11.8 Å². The SMILES string of the molecule is COc1ccc(C=C2C(=O)NC(=S)NC2=O)cc1Br. The van der Waals surface area contributed by atoms with E-state index in [2.05, 4.69) is 26.6 Å². The summed E-state index contributed by atoms with van der Waals surface area (Å²) in [5.41, 5.74) is 0.700. The van der Waals surface area contributed by atoms with Crippen LogP contribution in [-0.4, -0.2) is 24.0 Å². The van der Waals surface area contributed by atoms with Crippen LogP contribution in [0.15, 0.2) is 28.2 Å². The Labute approximate surface area is 123 Å². The molecule has 2 amide bonds. The molecule has 1 aromatic rings. The maximum atomic E-state index is 11.7. The zero-order valence-electron chi connectivity index (χ0n) is 9.82. The van der Waals surface area contributed by atoms with Crippen molar-refractivity contribution in [2.24, 2.45) is 0 Å². The zero-order chi connectivity index (χ0) is 14.0. The van der Waals surface area contributed by atoms with Crippen molar-refractivity contribution in [3.63, 3.8) is 0 Å². The molecule has 1 saturated heterocycles. The van der Waals surface area contributed by atoms with Crippen molar-refractivity contribution in [2.45, 2.75) is 0 Å². The van der Waals surface area contributed by atoms with Crippen molar-refractivity contribution < 1.29 is 14.3 Å². The number of nitrogens with one attached hydrogen (secondary N) is 2. The molecule has 0 aromatic heterocycles. The van der Waals surface area contributed by atoms with Crippen LogP contribution >= 0.6 is 28.1 Å². The summed E-state index contributed by atoms with van der Waals surface area (Å²) in [6, 6.07) is 5.23. The highest BCUT2D eigenvalue weighted by Gasteiger charge is 2.25. The summed E-state index contributed by atoms with van der Waals surface area (Å²) in [5.74, 6) is -0.359. The number of carbonyl (C=O) groups excluding carboxylic acids is 2. The first-order chi connectivity index (χ1) is 9.01. The van der Waals surface area contributed by atoms with Crippen LogP contribution < -0.4 is 15.4 Å². The monoisotopic (exact) mass is 340 g/mol. The smallest absolute Gasteiger partial charge is 0.263 e. The topological polar surface area (TPSA) is 67.4 Å². The van der Waals surface area contributed by atoms with Crippen LogP contribution in [0, 0.1) is 0 Å². The Hall–Kier alpha value is -1.73. The van der Waals surface area contributed by atoms with E-state index >= 15 is 0 Å². The third kappa shape index (κ3) is 2.99. The number of benzene rings is 1. The van der Waals surface area contributed by atoms with Crippen LogP contribution in [0.4, 0.5) is 0 Å². The molecule has 0 bridgehead atoms. The molecule has 1 aliphatic heterocycles. The van der Waals surface area contributed by atoms with Crippen molar-refractivity contribution in [1.82, 2.24) is 10.6 Å². The Kier molecular flexibility index (Phi) is 3.96. The number of thiocarbonyl (C=S) groups is 1. The molecule has 1 fully saturated rings. The molecular weight excluding hydrogens is 332 g/mol. The molecule has 5 nitrogen and oxygen atoms in total. The molecule has 2 rings (SSSR count). The van der Waals surface area contributed by atoms with Gasteiger partial charge in [-0.25, -0.2) is 0 Å². The van der Waals surface area contributed by atoms with Gasteiger partial charge >= 0.3 is 0 Å². The molecular formula is C12H9BrN2O3S. The minimum absolute atomic E-state index is 0.00525. The molecule has 0 radical (unpaired) electrons. The second-order valence-corrected chi connectivity index (χ2v) is 4.95. The van der Waals surface area contributed by atoms with Crippen LogP contribution in [0.3, 0.4) is 0 Å². The van der Waals surface area contributed by atoms with Gasteiger partial charge in [0.05, 0.1) is 11.6 Å². The van der Waals surface area contributed by atoms with E-state index in [1.807, 2.05) is 0 Å². The maximum Gasteiger partial charge on any atom is 0.263 e. The number of hydrogen-bond donors (Lipinski definition) is 2. The van der Waals surface area contributed by atoms with Crippen molar-refractivity contribution in [3.8, 4) is 5.75 Å². The lowest BCUT2D eigenvalue weighted by Gasteiger charge is -2.16. The number of rotatable bonds is 2. The highest BCUT2D eigenvalue weighted by Crippen LogP contribution is 2.26. The van der Waals surface area contributed by atoms with E-state index in [4.69, 9.17) is 17.0 Å². The van der Waals surface area contributed by atoms with E-state index in [1.165, 1.54) is 6.08 Å². The molecule has 0 unspecified atom stereocenters. The third-order valence-electron chi connectivity index (χ3n) is 2.43. The summed E-state index contributed by atoms with van der Waals surface area (Å²) in [6.07, 6.45) is 1.48. The van der Waals surface area contributed by atoms with Gasteiger partial charge in [0.25, 0.3) is 11.8 Å². The molecule has 0 aliphatic carbocycles. The second-order valence-electron chi connectivity index (χ2n) is 3.69.